The van der Waals surface area contributed by atoms with Crippen molar-refractivity contribution in [3.63, 3.8) is 0 Å². The van der Waals surface area contributed by atoms with E-state index in [4.69, 9.17) is 10.5 Å². The van der Waals surface area contributed by atoms with Crippen molar-refractivity contribution in [3.8, 4) is 0 Å². The third-order valence-electron chi connectivity index (χ3n) is 4.86. The lowest BCUT2D eigenvalue weighted by Crippen LogP contribution is -2.80. The molecule has 0 spiro atoms. The van der Waals surface area contributed by atoms with E-state index < -0.39 is 5.54 Å². The van der Waals surface area contributed by atoms with E-state index in [1.54, 1.807) is 0 Å². The van der Waals surface area contributed by atoms with Gasteiger partial charge in [-0.1, -0.05) is 13.8 Å². The Morgan fingerprint density at radius 2 is 2.00 bits per heavy atom. The van der Waals surface area contributed by atoms with Gasteiger partial charge in [0.05, 0.1) is 6.10 Å². The van der Waals surface area contributed by atoms with Crippen LogP contribution < -0.4 is 5.73 Å². The molecular formula is C13H24N2O2. The lowest BCUT2D eigenvalue weighted by molar-refractivity contribution is -0.184. The van der Waals surface area contributed by atoms with Crippen LogP contribution in [-0.4, -0.2) is 42.1 Å². The van der Waals surface area contributed by atoms with E-state index in [-0.39, 0.29) is 23.3 Å². The second kappa shape index (κ2) is 3.95. The van der Waals surface area contributed by atoms with Gasteiger partial charge in [-0.3, -0.25) is 4.79 Å². The van der Waals surface area contributed by atoms with Crippen LogP contribution in [-0.2, 0) is 9.53 Å². The molecule has 0 radical (unpaired) electrons. The summed E-state index contributed by atoms with van der Waals surface area (Å²) in [5.74, 6) is 0.296. The maximum Gasteiger partial charge on any atom is 0.243 e. The molecule has 17 heavy (non-hydrogen) atoms. The minimum absolute atomic E-state index is 0.0965. The van der Waals surface area contributed by atoms with Gasteiger partial charge in [0.15, 0.2) is 0 Å². The van der Waals surface area contributed by atoms with Crippen LogP contribution in [0.1, 0.15) is 34.1 Å². The molecule has 1 saturated carbocycles. The van der Waals surface area contributed by atoms with E-state index in [2.05, 4.69) is 13.8 Å². The number of hydrogen-bond acceptors (Lipinski definition) is 3. The van der Waals surface area contributed by atoms with Gasteiger partial charge in [-0.2, -0.15) is 0 Å². The van der Waals surface area contributed by atoms with Crippen LogP contribution in [0, 0.1) is 11.3 Å². The third kappa shape index (κ3) is 1.40. The van der Waals surface area contributed by atoms with Gasteiger partial charge in [-0.25, -0.2) is 0 Å². The zero-order chi connectivity index (χ0) is 12.8. The zero-order valence-electron chi connectivity index (χ0n) is 11.3. The molecule has 1 aliphatic carbocycles. The van der Waals surface area contributed by atoms with Crippen molar-refractivity contribution >= 4 is 5.91 Å². The monoisotopic (exact) mass is 240 g/mol. The number of ether oxygens (including phenoxy) is 1. The molecule has 0 bridgehead atoms. The van der Waals surface area contributed by atoms with Gasteiger partial charge < -0.3 is 15.4 Å². The van der Waals surface area contributed by atoms with Crippen molar-refractivity contribution in [2.75, 3.05) is 19.7 Å². The van der Waals surface area contributed by atoms with E-state index in [1.807, 2.05) is 18.7 Å². The first-order valence-electron chi connectivity index (χ1n) is 6.61. The predicted octanol–water partition coefficient (Wildman–Crippen LogP) is 0.997. The first-order chi connectivity index (χ1) is 7.91. The quantitative estimate of drug-likeness (QED) is 0.800. The van der Waals surface area contributed by atoms with Gasteiger partial charge >= 0.3 is 0 Å². The molecule has 4 nitrogen and oxygen atoms in total. The predicted molar refractivity (Wildman–Crippen MR) is 66.5 cm³/mol. The van der Waals surface area contributed by atoms with Crippen LogP contribution in [0.3, 0.4) is 0 Å². The second-order valence-corrected chi connectivity index (χ2v) is 5.75. The number of carbonyl (C=O) groups is 1. The Hall–Kier alpha value is -0.610. The number of nitrogens with two attached hydrogens (primary N) is 1. The van der Waals surface area contributed by atoms with Gasteiger partial charge in [-0.15, -0.1) is 0 Å². The highest BCUT2D eigenvalue weighted by atomic mass is 16.5. The summed E-state index contributed by atoms with van der Waals surface area (Å²) >= 11 is 0. The molecule has 98 valence electrons. The molecule has 0 aromatic carbocycles. The van der Waals surface area contributed by atoms with Crippen LogP contribution >= 0.6 is 0 Å². The molecule has 1 aliphatic heterocycles. The lowest BCUT2D eigenvalue weighted by atomic mass is 9.47. The van der Waals surface area contributed by atoms with Crippen molar-refractivity contribution < 1.29 is 9.53 Å². The van der Waals surface area contributed by atoms with Crippen LogP contribution in [0.2, 0.25) is 0 Å². The van der Waals surface area contributed by atoms with Gasteiger partial charge in [-0.05, 0) is 20.3 Å². The van der Waals surface area contributed by atoms with Crippen LogP contribution in [0.25, 0.3) is 0 Å². The first-order valence-corrected chi connectivity index (χ1v) is 6.61. The summed E-state index contributed by atoms with van der Waals surface area (Å²) in [6.45, 7) is 10.3. The minimum atomic E-state index is -0.736. The largest absolute Gasteiger partial charge is 0.377 e. The summed E-state index contributed by atoms with van der Waals surface area (Å²) in [7, 11) is 0. The molecule has 2 rings (SSSR count). The number of likely N-dealkylation sites (N-methyl/N-ethyl adjacent to an activating group) is 1. The Labute approximate surface area is 103 Å². The Balaban J connectivity index is 2.26. The van der Waals surface area contributed by atoms with E-state index in [9.17, 15) is 4.79 Å². The zero-order valence-corrected chi connectivity index (χ0v) is 11.3. The van der Waals surface area contributed by atoms with Gasteiger partial charge in [0.2, 0.25) is 5.91 Å². The number of rotatable bonds is 3. The van der Waals surface area contributed by atoms with Crippen LogP contribution in [0.15, 0.2) is 0 Å². The molecule has 4 heteroatoms. The molecule has 0 aromatic heterocycles. The normalized spacial score (nSPS) is 38.4. The van der Waals surface area contributed by atoms with E-state index in [0.717, 1.165) is 26.1 Å². The topological polar surface area (TPSA) is 55.6 Å². The number of carbonyl (C=O) groups excluding carboxylic acids is 1. The number of amides is 1. The van der Waals surface area contributed by atoms with Crippen molar-refractivity contribution in [2.45, 2.75) is 45.8 Å². The van der Waals surface area contributed by atoms with Gasteiger partial charge in [0.1, 0.15) is 5.54 Å². The van der Waals surface area contributed by atoms with Crippen molar-refractivity contribution in [2.24, 2.45) is 17.1 Å². The third-order valence-corrected chi connectivity index (χ3v) is 4.86. The highest BCUT2D eigenvalue weighted by Crippen LogP contribution is 2.58. The lowest BCUT2D eigenvalue weighted by Gasteiger charge is -2.61. The Bertz CT molecular complexity index is 325. The fourth-order valence-electron chi connectivity index (χ4n) is 3.59. The highest BCUT2D eigenvalue weighted by Gasteiger charge is 2.71. The maximum absolute atomic E-state index is 12.6. The molecule has 3 atom stereocenters. The van der Waals surface area contributed by atoms with Crippen molar-refractivity contribution in [3.05, 3.63) is 0 Å². The Morgan fingerprint density at radius 3 is 2.53 bits per heavy atom. The second-order valence-electron chi connectivity index (χ2n) is 5.75. The summed E-state index contributed by atoms with van der Waals surface area (Å²) in [6.07, 6.45) is 1.07. The summed E-state index contributed by atoms with van der Waals surface area (Å²) in [5, 5.41) is 0. The average molecular weight is 240 g/mol. The smallest absolute Gasteiger partial charge is 0.243 e. The molecule has 3 unspecified atom stereocenters. The average Bonchev–Trinajstić information content (AvgIpc) is 2.77. The van der Waals surface area contributed by atoms with E-state index in [1.165, 1.54) is 0 Å². The number of nitrogens with zero attached hydrogens (tertiary/aromatic N) is 1. The van der Waals surface area contributed by atoms with Crippen molar-refractivity contribution in [1.29, 1.82) is 0 Å². The molecule has 0 aromatic rings. The summed E-state index contributed by atoms with van der Waals surface area (Å²) < 4.78 is 5.71. The van der Waals surface area contributed by atoms with E-state index >= 15 is 0 Å². The van der Waals surface area contributed by atoms with Crippen molar-refractivity contribution in [1.82, 2.24) is 4.90 Å². The van der Waals surface area contributed by atoms with Crippen LogP contribution in [0.4, 0.5) is 0 Å². The molecule has 1 amide bonds. The van der Waals surface area contributed by atoms with Crippen LogP contribution in [0.5, 0.6) is 0 Å². The molecule has 2 fully saturated rings. The fraction of sp³-hybridized carbons (Fsp3) is 0.923. The maximum atomic E-state index is 12.6. The summed E-state index contributed by atoms with van der Waals surface area (Å²) in [5.41, 5.74) is 5.50. The van der Waals surface area contributed by atoms with Gasteiger partial charge in [0.25, 0.3) is 0 Å². The van der Waals surface area contributed by atoms with Gasteiger partial charge in [0, 0.05) is 31.0 Å². The molecule has 1 heterocycles. The standard InChI is InChI=1S/C13H24N2O2/c1-5-15(6-2)11(16)13(14)9-7-8-17-10(9)12(13,3)4/h9-10H,5-8,14H2,1-4H3. The minimum Gasteiger partial charge on any atom is -0.377 e. The fourth-order valence-corrected chi connectivity index (χ4v) is 3.59. The first kappa shape index (κ1) is 12.8. The molecule has 2 N–H and O–H groups in total. The number of fused-ring (bicyclic) bond motifs is 1. The molecule has 1 saturated heterocycles. The Kier molecular flexibility index (Phi) is 2.99. The number of hydrogen-bond donors (Lipinski definition) is 1. The summed E-state index contributed by atoms with van der Waals surface area (Å²) in [4.78, 5) is 14.5. The Morgan fingerprint density at radius 1 is 1.41 bits per heavy atom. The molecule has 2 aliphatic rings. The summed E-state index contributed by atoms with van der Waals surface area (Å²) in [6, 6.07) is 0. The SMILES string of the molecule is CCN(CC)C(=O)C1(N)C2CCOC2C1(C)C. The highest BCUT2D eigenvalue weighted by molar-refractivity contribution is 5.89. The van der Waals surface area contributed by atoms with E-state index in [0.29, 0.717) is 0 Å². The molecular weight excluding hydrogens is 216 g/mol.